The van der Waals surface area contributed by atoms with E-state index < -0.39 is 0 Å². The Kier molecular flexibility index (Phi) is 11.5. The Morgan fingerprint density at radius 3 is 1.77 bits per heavy atom. The van der Waals surface area contributed by atoms with Gasteiger partial charge in [-0.05, 0) is 113 Å². The molecule has 0 saturated carbocycles. The smallest absolute Gasteiger partial charge is 0.119 e. The fourth-order valence-corrected chi connectivity index (χ4v) is 4.80. The molecule has 210 valence electrons. The third kappa shape index (κ3) is 10.2. The molecule has 0 aromatic heterocycles. The molecule has 3 aromatic carbocycles. The first-order valence-electron chi connectivity index (χ1n) is 14.6. The molecule has 0 unspecified atom stereocenters. The van der Waals surface area contributed by atoms with Gasteiger partial charge in [-0.1, -0.05) is 35.9 Å². The number of rotatable bonds is 15. The minimum atomic E-state index is 0.702. The van der Waals surface area contributed by atoms with Crippen molar-refractivity contribution in [2.45, 2.75) is 46.0 Å². The molecule has 0 atom stereocenters. The highest BCUT2D eigenvalue weighted by molar-refractivity contribution is 5.39. The first-order chi connectivity index (χ1) is 19.0. The van der Waals surface area contributed by atoms with Crippen molar-refractivity contribution in [1.29, 1.82) is 0 Å². The summed E-state index contributed by atoms with van der Waals surface area (Å²) in [6.45, 7) is 12.4. The number of hydrogen-bond acceptors (Lipinski definition) is 5. The number of likely N-dealkylation sites (N-methyl/N-ethyl adjacent to an activating group) is 1. The minimum absolute atomic E-state index is 0.702. The summed E-state index contributed by atoms with van der Waals surface area (Å²) in [5.74, 6) is 2.83. The van der Waals surface area contributed by atoms with Gasteiger partial charge in [-0.15, -0.1) is 0 Å². The van der Waals surface area contributed by atoms with Gasteiger partial charge >= 0.3 is 0 Å². The van der Waals surface area contributed by atoms with Crippen LogP contribution in [0.1, 0.15) is 47.9 Å². The zero-order valence-corrected chi connectivity index (χ0v) is 24.2. The number of ether oxygens (including phenoxy) is 3. The van der Waals surface area contributed by atoms with Crippen LogP contribution in [0.3, 0.4) is 0 Å². The lowest BCUT2D eigenvalue weighted by Crippen LogP contribution is -2.44. The van der Waals surface area contributed by atoms with Crippen LogP contribution >= 0.6 is 0 Å². The second-order valence-corrected chi connectivity index (χ2v) is 10.8. The maximum atomic E-state index is 5.99. The van der Waals surface area contributed by atoms with Crippen LogP contribution in [0.25, 0.3) is 0 Å². The standard InChI is InChI=1S/C34H46N2O3/c1-28-8-13-32(14-9-28)38-24-6-7-25-39-34-17-12-31(29(2)26-34)27-30-10-15-33(16-11-30)37-23-5-4-18-36-21-19-35(3)20-22-36/h8-17,26H,4-7,18-25,27H2,1-3H3. The van der Waals surface area contributed by atoms with E-state index in [0.29, 0.717) is 13.2 Å². The van der Waals surface area contributed by atoms with E-state index in [1.165, 1.54) is 61.4 Å². The zero-order chi connectivity index (χ0) is 27.3. The first kappa shape index (κ1) is 29.0. The van der Waals surface area contributed by atoms with Crippen LogP contribution in [0, 0.1) is 13.8 Å². The van der Waals surface area contributed by atoms with Gasteiger partial charge in [-0.2, -0.15) is 0 Å². The largest absolute Gasteiger partial charge is 0.494 e. The highest BCUT2D eigenvalue weighted by Gasteiger charge is 2.12. The minimum Gasteiger partial charge on any atom is -0.494 e. The maximum Gasteiger partial charge on any atom is 0.119 e. The fraction of sp³-hybridized carbons (Fsp3) is 0.471. The number of piperazine rings is 1. The zero-order valence-electron chi connectivity index (χ0n) is 24.2. The highest BCUT2D eigenvalue weighted by Crippen LogP contribution is 2.22. The van der Waals surface area contributed by atoms with E-state index in [4.69, 9.17) is 14.2 Å². The Bertz CT molecular complexity index is 1110. The average molecular weight is 531 g/mol. The lowest BCUT2D eigenvalue weighted by atomic mass is 10.0. The van der Waals surface area contributed by atoms with Crippen molar-refractivity contribution in [3.63, 3.8) is 0 Å². The normalized spacial score (nSPS) is 14.3. The molecule has 0 amide bonds. The molecule has 0 spiro atoms. The first-order valence-corrected chi connectivity index (χ1v) is 14.6. The average Bonchev–Trinajstić information content (AvgIpc) is 2.95. The fourth-order valence-electron chi connectivity index (χ4n) is 4.80. The van der Waals surface area contributed by atoms with E-state index in [-0.39, 0.29) is 0 Å². The highest BCUT2D eigenvalue weighted by atomic mass is 16.5. The topological polar surface area (TPSA) is 34.2 Å². The summed E-state index contributed by atoms with van der Waals surface area (Å²) in [6, 6.07) is 23.2. The van der Waals surface area contributed by atoms with Crippen LogP contribution in [-0.4, -0.2) is 69.4 Å². The molecule has 0 bridgehead atoms. The van der Waals surface area contributed by atoms with Gasteiger partial charge in [0.1, 0.15) is 17.2 Å². The third-order valence-corrected chi connectivity index (χ3v) is 7.46. The summed E-state index contributed by atoms with van der Waals surface area (Å²) in [7, 11) is 2.21. The van der Waals surface area contributed by atoms with Crippen molar-refractivity contribution < 1.29 is 14.2 Å². The van der Waals surface area contributed by atoms with Crippen molar-refractivity contribution in [2.75, 3.05) is 59.6 Å². The van der Waals surface area contributed by atoms with Crippen molar-refractivity contribution in [3.8, 4) is 17.2 Å². The Morgan fingerprint density at radius 1 is 0.615 bits per heavy atom. The maximum absolute atomic E-state index is 5.99. The van der Waals surface area contributed by atoms with Crippen LogP contribution in [0.5, 0.6) is 17.2 Å². The Labute approximate surface area is 235 Å². The number of aryl methyl sites for hydroxylation is 2. The lowest BCUT2D eigenvalue weighted by Gasteiger charge is -2.32. The number of nitrogens with zero attached hydrogens (tertiary/aromatic N) is 2. The molecule has 1 saturated heterocycles. The summed E-state index contributed by atoms with van der Waals surface area (Å²) >= 11 is 0. The molecule has 1 aliphatic heterocycles. The molecular formula is C34H46N2O3. The summed E-state index contributed by atoms with van der Waals surface area (Å²) in [5.41, 5.74) is 5.13. The molecule has 1 fully saturated rings. The van der Waals surface area contributed by atoms with Crippen molar-refractivity contribution >= 4 is 0 Å². The second kappa shape index (κ2) is 15.5. The van der Waals surface area contributed by atoms with Gasteiger partial charge in [0.05, 0.1) is 19.8 Å². The Morgan fingerprint density at radius 2 is 1.15 bits per heavy atom. The summed E-state index contributed by atoms with van der Waals surface area (Å²) in [6.07, 6.45) is 5.15. The second-order valence-electron chi connectivity index (χ2n) is 10.8. The molecule has 1 aliphatic rings. The van der Waals surface area contributed by atoms with E-state index in [1.807, 2.05) is 12.1 Å². The van der Waals surface area contributed by atoms with Crippen molar-refractivity contribution in [3.05, 3.63) is 89.0 Å². The van der Waals surface area contributed by atoms with Gasteiger partial charge in [0, 0.05) is 26.2 Å². The molecule has 0 aliphatic carbocycles. The van der Waals surface area contributed by atoms with E-state index in [9.17, 15) is 0 Å². The van der Waals surface area contributed by atoms with Crippen LogP contribution in [-0.2, 0) is 6.42 Å². The van der Waals surface area contributed by atoms with Gasteiger partial charge in [-0.3, -0.25) is 0 Å². The van der Waals surface area contributed by atoms with Crippen LogP contribution < -0.4 is 14.2 Å². The molecule has 4 rings (SSSR count). The SMILES string of the molecule is Cc1ccc(OCCCCOc2ccc(Cc3ccc(OCCCCN4CCN(C)CC4)cc3)c(C)c2)cc1. The van der Waals surface area contributed by atoms with Crippen molar-refractivity contribution in [1.82, 2.24) is 9.80 Å². The van der Waals surface area contributed by atoms with Gasteiger partial charge in [0.2, 0.25) is 0 Å². The van der Waals surface area contributed by atoms with E-state index in [0.717, 1.165) is 49.5 Å². The van der Waals surface area contributed by atoms with Crippen LogP contribution in [0.15, 0.2) is 66.7 Å². The molecule has 1 heterocycles. The van der Waals surface area contributed by atoms with E-state index >= 15 is 0 Å². The van der Waals surface area contributed by atoms with Crippen LogP contribution in [0.2, 0.25) is 0 Å². The molecular weight excluding hydrogens is 484 g/mol. The molecule has 0 radical (unpaired) electrons. The predicted molar refractivity (Wildman–Crippen MR) is 160 cm³/mol. The summed E-state index contributed by atoms with van der Waals surface area (Å²) in [5, 5.41) is 0. The van der Waals surface area contributed by atoms with E-state index in [1.54, 1.807) is 0 Å². The molecule has 5 nitrogen and oxygen atoms in total. The molecule has 3 aromatic rings. The number of hydrogen-bond donors (Lipinski definition) is 0. The molecule has 39 heavy (non-hydrogen) atoms. The summed E-state index contributed by atoms with van der Waals surface area (Å²) in [4.78, 5) is 4.97. The summed E-state index contributed by atoms with van der Waals surface area (Å²) < 4.78 is 17.8. The Balaban J connectivity index is 1.10. The van der Waals surface area contributed by atoms with Gasteiger partial charge < -0.3 is 24.0 Å². The Hall–Kier alpha value is -3.02. The number of unbranched alkanes of at least 4 members (excludes halogenated alkanes) is 2. The molecule has 0 N–H and O–H groups in total. The van der Waals surface area contributed by atoms with Crippen molar-refractivity contribution in [2.24, 2.45) is 0 Å². The number of benzene rings is 3. The third-order valence-electron chi connectivity index (χ3n) is 7.46. The quantitative estimate of drug-likeness (QED) is 0.209. The monoisotopic (exact) mass is 530 g/mol. The van der Waals surface area contributed by atoms with Gasteiger partial charge in [-0.25, -0.2) is 0 Å². The van der Waals surface area contributed by atoms with E-state index in [2.05, 4.69) is 85.3 Å². The van der Waals surface area contributed by atoms with Crippen LogP contribution in [0.4, 0.5) is 0 Å². The molecule has 5 heteroatoms. The predicted octanol–water partition coefficient (Wildman–Crippen LogP) is 6.54. The van der Waals surface area contributed by atoms with Gasteiger partial charge in [0.25, 0.3) is 0 Å². The lowest BCUT2D eigenvalue weighted by molar-refractivity contribution is 0.150. The van der Waals surface area contributed by atoms with Gasteiger partial charge in [0.15, 0.2) is 0 Å².